The number of benzene rings is 2. The molecular weight excluding hydrogens is 395 g/mol. The summed E-state index contributed by atoms with van der Waals surface area (Å²) in [5.41, 5.74) is 2.22. The van der Waals surface area contributed by atoms with Gasteiger partial charge in [-0.15, -0.1) is 0 Å². The van der Waals surface area contributed by atoms with Crippen molar-refractivity contribution in [2.24, 2.45) is 0 Å². The van der Waals surface area contributed by atoms with Gasteiger partial charge in [-0.05, 0) is 56.2 Å². The first-order valence-electron chi connectivity index (χ1n) is 9.58. The molecule has 29 heavy (non-hydrogen) atoms. The Morgan fingerprint density at radius 1 is 1.24 bits per heavy atom. The van der Waals surface area contributed by atoms with Crippen molar-refractivity contribution >= 4 is 17.3 Å². The van der Waals surface area contributed by atoms with E-state index in [0.29, 0.717) is 41.3 Å². The van der Waals surface area contributed by atoms with E-state index in [9.17, 15) is 4.39 Å². The molecule has 2 heterocycles. The highest BCUT2D eigenvalue weighted by atomic mass is 35.5. The smallest absolute Gasteiger partial charge is 0.214 e. The average Bonchev–Trinajstić information content (AvgIpc) is 3.36. The Hall–Kier alpha value is -2.57. The monoisotopic (exact) mass is 416 g/mol. The molecule has 7 heteroatoms. The van der Waals surface area contributed by atoms with Gasteiger partial charge in [0.1, 0.15) is 18.2 Å². The Morgan fingerprint density at radius 2 is 2.07 bits per heavy atom. The molecule has 5 nitrogen and oxygen atoms in total. The SMILES string of the molecule is Cc1nc(CNc2cc(F)ccc2OC[C@@H]2CCCO2)oc1-c1ccc(Cl)cc1. The summed E-state index contributed by atoms with van der Waals surface area (Å²) in [4.78, 5) is 4.47. The number of oxazole rings is 1. The molecule has 1 saturated heterocycles. The zero-order chi connectivity index (χ0) is 20.2. The number of nitrogens with one attached hydrogen (secondary N) is 1. The van der Waals surface area contributed by atoms with Crippen LogP contribution in [-0.4, -0.2) is 24.3 Å². The lowest BCUT2D eigenvalue weighted by Gasteiger charge is -2.15. The maximum absolute atomic E-state index is 13.8. The maximum Gasteiger partial charge on any atom is 0.214 e. The summed E-state index contributed by atoms with van der Waals surface area (Å²) in [5.74, 6) is 1.42. The summed E-state index contributed by atoms with van der Waals surface area (Å²) in [6, 6.07) is 11.8. The normalized spacial score (nSPS) is 16.2. The van der Waals surface area contributed by atoms with Crippen molar-refractivity contribution in [3.8, 4) is 17.1 Å². The minimum absolute atomic E-state index is 0.0872. The summed E-state index contributed by atoms with van der Waals surface area (Å²) in [7, 11) is 0. The molecule has 0 radical (unpaired) electrons. The van der Waals surface area contributed by atoms with Crippen molar-refractivity contribution in [2.75, 3.05) is 18.5 Å². The second kappa shape index (κ2) is 8.84. The van der Waals surface area contributed by atoms with E-state index in [4.69, 9.17) is 25.5 Å². The molecule has 1 fully saturated rings. The lowest BCUT2D eigenvalue weighted by atomic mass is 10.1. The van der Waals surface area contributed by atoms with E-state index in [2.05, 4.69) is 10.3 Å². The molecule has 2 aromatic carbocycles. The van der Waals surface area contributed by atoms with Crippen LogP contribution in [0.5, 0.6) is 5.75 Å². The Labute approximate surface area is 173 Å². The van der Waals surface area contributed by atoms with Gasteiger partial charge in [0.15, 0.2) is 5.76 Å². The van der Waals surface area contributed by atoms with Crippen molar-refractivity contribution < 1.29 is 18.3 Å². The van der Waals surface area contributed by atoms with Crippen molar-refractivity contribution in [3.05, 3.63) is 64.9 Å². The van der Waals surface area contributed by atoms with Crippen LogP contribution in [-0.2, 0) is 11.3 Å². The van der Waals surface area contributed by atoms with Gasteiger partial charge in [-0.1, -0.05) is 11.6 Å². The van der Waals surface area contributed by atoms with E-state index < -0.39 is 0 Å². The van der Waals surface area contributed by atoms with Gasteiger partial charge in [-0.25, -0.2) is 9.37 Å². The molecule has 152 valence electrons. The molecular formula is C22H22ClFN2O3. The number of aromatic nitrogens is 1. The molecule has 4 rings (SSSR count). The molecule has 1 aromatic heterocycles. The van der Waals surface area contributed by atoms with Crippen molar-refractivity contribution in [2.45, 2.75) is 32.4 Å². The van der Waals surface area contributed by atoms with Crippen LogP contribution in [0.1, 0.15) is 24.4 Å². The van der Waals surface area contributed by atoms with Gasteiger partial charge in [0, 0.05) is 23.3 Å². The Kier molecular flexibility index (Phi) is 6.02. The van der Waals surface area contributed by atoms with Gasteiger partial charge in [0.2, 0.25) is 5.89 Å². The lowest BCUT2D eigenvalue weighted by molar-refractivity contribution is 0.0681. The van der Waals surface area contributed by atoms with E-state index in [0.717, 1.165) is 30.7 Å². The second-order valence-electron chi connectivity index (χ2n) is 6.97. The van der Waals surface area contributed by atoms with Crippen LogP contribution < -0.4 is 10.1 Å². The van der Waals surface area contributed by atoms with Gasteiger partial charge >= 0.3 is 0 Å². The van der Waals surface area contributed by atoms with Gasteiger partial charge in [-0.3, -0.25) is 0 Å². The molecule has 0 amide bonds. The molecule has 1 aliphatic heterocycles. The summed E-state index contributed by atoms with van der Waals surface area (Å²) in [6.45, 7) is 3.39. The zero-order valence-corrected chi connectivity index (χ0v) is 16.8. The first-order chi connectivity index (χ1) is 14.1. The van der Waals surface area contributed by atoms with Gasteiger partial charge < -0.3 is 19.2 Å². The second-order valence-corrected chi connectivity index (χ2v) is 7.41. The number of rotatable bonds is 7. The topological polar surface area (TPSA) is 56.5 Å². The number of anilines is 1. The largest absolute Gasteiger partial charge is 0.489 e. The van der Waals surface area contributed by atoms with Gasteiger partial charge in [-0.2, -0.15) is 0 Å². The highest BCUT2D eigenvalue weighted by molar-refractivity contribution is 6.30. The van der Waals surface area contributed by atoms with Crippen LogP contribution in [0.15, 0.2) is 46.9 Å². The molecule has 0 unspecified atom stereocenters. The van der Waals surface area contributed by atoms with E-state index in [1.165, 1.54) is 12.1 Å². The average molecular weight is 417 g/mol. The van der Waals surface area contributed by atoms with Gasteiger partial charge in [0.05, 0.1) is 24.0 Å². The molecule has 0 saturated carbocycles. The van der Waals surface area contributed by atoms with Crippen LogP contribution >= 0.6 is 11.6 Å². The summed E-state index contributed by atoms with van der Waals surface area (Å²) >= 11 is 5.95. The minimum Gasteiger partial charge on any atom is -0.489 e. The molecule has 0 bridgehead atoms. The van der Waals surface area contributed by atoms with Crippen molar-refractivity contribution in [3.63, 3.8) is 0 Å². The minimum atomic E-state index is -0.345. The number of nitrogens with zero attached hydrogens (tertiary/aromatic N) is 1. The van der Waals surface area contributed by atoms with Crippen LogP contribution in [0, 0.1) is 12.7 Å². The Balaban J connectivity index is 1.45. The zero-order valence-electron chi connectivity index (χ0n) is 16.1. The third-order valence-electron chi connectivity index (χ3n) is 4.77. The molecule has 1 aliphatic rings. The van der Waals surface area contributed by atoms with Crippen molar-refractivity contribution in [1.82, 2.24) is 4.98 Å². The fourth-order valence-electron chi connectivity index (χ4n) is 3.29. The first kappa shape index (κ1) is 19.7. The first-order valence-corrected chi connectivity index (χ1v) is 9.96. The lowest BCUT2D eigenvalue weighted by Crippen LogP contribution is -2.17. The quantitative estimate of drug-likeness (QED) is 0.542. The number of halogens is 2. The fraction of sp³-hybridized carbons (Fsp3) is 0.318. The molecule has 0 spiro atoms. The summed E-state index contributed by atoms with van der Waals surface area (Å²) in [6.07, 6.45) is 2.11. The standard InChI is InChI=1S/C22H22ClFN2O3/c1-14-22(15-4-6-16(23)7-5-15)29-21(26-14)12-25-19-11-17(24)8-9-20(19)28-13-18-3-2-10-27-18/h4-9,11,18,25H,2-3,10,12-13H2,1H3/t18-/m0/s1. The predicted molar refractivity (Wildman–Crippen MR) is 110 cm³/mol. The van der Waals surface area contributed by atoms with Crippen LogP contribution in [0.4, 0.5) is 10.1 Å². The van der Waals surface area contributed by atoms with Crippen LogP contribution in [0.25, 0.3) is 11.3 Å². The van der Waals surface area contributed by atoms with E-state index in [1.807, 2.05) is 19.1 Å². The predicted octanol–water partition coefficient (Wildman–Crippen LogP) is 5.61. The highest BCUT2D eigenvalue weighted by Crippen LogP contribution is 2.29. The number of hydrogen-bond acceptors (Lipinski definition) is 5. The van der Waals surface area contributed by atoms with E-state index >= 15 is 0 Å². The van der Waals surface area contributed by atoms with E-state index in [1.54, 1.807) is 18.2 Å². The van der Waals surface area contributed by atoms with Crippen molar-refractivity contribution in [1.29, 1.82) is 0 Å². The maximum atomic E-state index is 13.8. The third-order valence-corrected chi connectivity index (χ3v) is 5.02. The Morgan fingerprint density at radius 3 is 2.83 bits per heavy atom. The molecule has 0 aliphatic carbocycles. The molecule has 1 atom stereocenters. The fourth-order valence-corrected chi connectivity index (χ4v) is 3.42. The Bertz CT molecular complexity index is 969. The molecule has 3 aromatic rings. The summed E-state index contributed by atoms with van der Waals surface area (Å²) in [5, 5.41) is 3.83. The number of hydrogen-bond donors (Lipinski definition) is 1. The van der Waals surface area contributed by atoms with Crippen LogP contribution in [0.3, 0.4) is 0 Å². The number of ether oxygens (including phenoxy) is 2. The van der Waals surface area contributed by atoms with Crippen LogP contribution in [0.2, 0.25) is 5.02 Å². The highest BCUT2D eigenvalue weighted by Gasteiger charge is 2.17. The third kappa shape index (κ3) is 4.89. The van der Waals surface area contributed by atoms with E-state index in [-0.39, 0.29) is 11.9 Å². The van der Waals surface area contributed by atoms with Gasteiger partial charge in [0.25, 0.3) is 0 Å². The number of aryl methyl sites for hydroxylation is 1. The summed E-state index contributed by atoms with van der Waals surface area (Å²) < 4.78 is 31.1. The molecule has 1 N–H and O–H groups in total.